The molecule has 0 radical (unpaired) electrons. The zero-order chi connectivity index (χ0) is 35.1. The summed E-state index contributed by atoms with van der Waals surface area (Å²) in [6.45, 7) is 20.9. The number of halogens is 2. The molecule has 0 saturated carbocycles. The third-order valence-electron chi connectivity index (χ3n) is 10.7. The number of allylic oxidation sites excluding steroid dienone is 1. The van der Waals surface area contributed by atoms with E-state index in [0.29, 0.717) is 0 Å². The van der Waals surface area contributed by atoms with Crippen molar-refractivity contribution in [1.29, 1.82) is 0 Å². The van der Waals surface area contributed by atoms with Gasteiger partial charge in [-0.15, -0.1) is 0 Å². The maximum absolute atomic E-state index is 8.11. The van der Waals surface area contributed by atoms with Crippen molar-refractivity contribution in [3.63, 3.8) is 0 Å². The first-order chi connectivity index (χ1) is 23.0. The molecule has 0 spiro atoms. The summed E-state index contributed by atoms with van der Waals surface area (Å²) in [4.78, 5) is 0. The van der Waals surface area contributed by atoms with Crippen LogP contribution in [0.2, 0.25) is 0 Å². The Morgan fingerprint density at radius 1 is 0.571 bits per heavy atom. The summed E-state index contributed by atoms with van der Waals surface area (Å²) in [6.07, 6.45) is 2.49. The molecule has 0 amide bonds. The first-order valence-electron chi connectivity index (χ1n) is 17.7. The minimum absolute atomic E-state index is 0.00283. The van der Waals surface area contributed by atoms with Crippen molar-refractivity contribution in [3.05, 3.63) is 131 Å². The number of rotatable bonds is 4. The monoisotopic (exact) mass is 776 g/mol. The van der Waals surface area contributed by atoms with E-state index in [1.165, 1.54) is 74.9 Å². The summed E-state index contributed by atoms with van der Waals surface area (Å²) in [5, 5.41) is 2.97. The molecule has 0 bridgehead atoms. The molecule has 0 fully saturated rings. The zero-order valence-electron chi connectivity index (χ0n) is 30.4. The predicted octanol–water partition coefficient (Wildman–Crippen LogP) is 11.0. The Bertz CT molecular complexity index is 2090. The molecule has 1 atom stereocenters. The van der Waals surface area contributed by atoms with E-state index in [4.69, 9.17) is 17.0 Å². The third-order valence-corrected chi connectivity index (χ3v) is 24.9. The fourth-order valence-corrected chi connectivity index (χ4v) is 25.0. The third kappa shape index (κ3) is 6.24. The van der Waals surface area contributed by atoms with Crippen LogP contribution >= 0.6 is 17.0 Å². The quantitative estimate of drug-likeness (QED) is 0.156. The fraction of sp³-hybridized carbons (Fsp3) is 0.289. The van der Waals surface area contributed by atoms with Crippen LogP contribution in [-0.4, -0.2) is 9.52 Å². The van der Waals surface area contributed by atoms with E-state index in [2.05, 4.69) is 172 Å². The Labute approximate surface area is 308 Å². The number of hydrogen-bond acceptors (Lipinski definition) is 0. The second-order valence-corrected chi connectivity index (χ2v) is 33.1. The molecule has 49 heavy (non-hydrogen) atoms. The van der Waals surface area contributed by atoms with E-state index in [-0.39, 0.29) is 19.9 Å². The zero-order valence-corrected chi connectivity index (χ0v) is 35.8. The average molecular weight is 779 g/mol. The van der Waals surface area contributed by atoms with Gasteiger partial charge in [0, 0.05) is 0 Å². The number of hydrogen-bond donors (Lipinski definition) is 0. The Morgan fingerprint density at radius 3 is 1.82 bits per heavy atom. The number of benzene rings is 5. The predicted molar refractivity (Wildman–Crippen MR) is 216 cm³/mol. The van der Waals surface area contributed by atoms with Gasteiger partial charge in [-0.05, 0) is 0 Å². The van der Waals surface area contributed by atoms with Gasteiger partial charge in [-0.3, -0.25) is 0 Å². The summed E-state index contributed by atoms with van der Waals surface area (Å²) in [6, 6.07) is 38.6. The standard InChI is InChI=1S/C33H39.C12H9Si.2ClH.Zr/c1-31(2,3)25-18-24(19-26(20-25)32(4,5)6)30-28(22-13-11-10-12-14-22)16-15-23-17-27(21-29(23)30)33(7,8)9;1-3-7-11-9(5-1)10-6-2-4-8-12(10)13-11;;;/h10-21H,1-9H3;1-7H,13H2;2*1H;/q;;;;+2/p-2. The minimum atomic E-state index is -4.18. The van der Waals surface area contributed by atoms with Crippen LogP contribution in [0.5, 0.6) is 0 Å². The molecule has 1 aliphatic heterocycles. The van der Waals surface area contributed by atoms with Gasteiger partial charge in [0.25, 0.3) is 0 Å². The molecule has 0 N–H and O–H groups in total. The van der Waals surface area contributed by atoms with Gasteiger partial charge in [0.05, 0.1) is 0 Å². The Hall–Kier alpha value is -2.48. The topological polar surface area (TPSA) is 0 Å². The second-order valence-electron chi connectivity index (χ2n) is 17.2. The summed E-state index contributed by atoms with van der Waals surface area (Å²) in [7, 11) is 15.5. The van der Waals surface area contributed by atoms with Crippen LogP contribution in [0, 0.1) is 5.41 Å². The van der Waals surface area contributed by atoms with Gasteiger partial charge in [-0.2, -0.15) is 0 Å². The fourth-order valence-electron chi connectivity index (χ4n) is 7.92. The van der Waals surface area contributed by atoms with E-state index in [9.17, 15) is 0 Å². The van der Waals surface area contributed by atoms with Crippen LogP contribution in [-0.2, 0) is 28.7 Å². The average Bonchev–Trinajstić information content (AvgIpc) is 3.63. The van der Waals surface area contributed by atoms with Crippen molar-refractivity contribution in [1.82, 2.24) is 0 Å². The van der Waals surface area contributed by atoms with Crippen LogP contribution in [0.3, 0.4) is 0 Å². The molecule has 250 valence electrons. The Kier molecular flexibility index (Phi) is 8.80. The van der Waals surface area contributed by atoms with Crippen LogP contribution in [0.4, 0.5) is 0 Å². The van der Waals surface area contributed by atoms with Crippen molar-refractivity contribution in [2.45, 2.75) is 76.8 Å². The molecule has 5 aromatic rings. The summed E-state index contributed by atoms with van der Waals surface area (Å²) >= 11 is -4.18. The van der Waals surface area contributed by atoms with E-state index in [1.807, 2.05) is 0 Å². The first kappa shape index (κ1) is 34.9. The SMILES string of the molecule is CC(C)(C)C1=Cc2c(ccc(-c3ccccc3)c2-c2cc(C(C)(C)C)cc(C(C)(C)C)c2)[CH]1[Zr]([Cl])([Cl])[c]1cccc2c1[SiH2]c1ccccc1-2. The molecular formula is C45H48Cl2SiZr. The Balaban J connectivity index is 1.51. The van der Waals surface area contributed by atoms with Crippen LogP contribution < -0.4 is 13.6 Å². The van der Waals surface area contributed by atoms with Gasteiger partial charge < -0.3 is 0 Å². The molecule has 5 aromatic carbocycles. The summed E-state index contributed by atoms with van der Waals surface area (Å²) in [5.74, 6) is 0. The first-order valence-corrected chi connectivity index (χ1v) is 28.0. The molecule has 0 saturated heterocycles. The Morgan fingerprint density at radius 2 is 1.18 bits per heavy atom. The van der Waals surface area contributed by atoms with E-state index in [1.54, 1.807) is 0 Å². The molecule has 1 heterocycles. The molecule has 2 aliphatic rings. The van der Waals surface area contributed by atoms with Gasteiger partial charge >= 0.3 is 311 Å². The van der Waals surface area contributed by atoms with Crippen molar-refractivity contribution in [2.75, 3.05) is 0 Å². The van der Waals surface area contributed by atoms with Gasteiger partial charge in [0.2, 0.25) is 0 Å². The summed E-state index contributed by atoms with van der Waals surface area (Å²) in [5.41, 5.74) is 14.3. The molecule has 7 rings (SSSR count). The van der Waals surface area contributed by atoms with Crippen molar-refractivity contribution in [3.8, 4) is 33.4 Å². The van der Waals surface area contributed by atoms with Crippen LogP contribution in [0.15, 0.2) is 109 Å². The molecule has 0 nitrogen and oxygen atoms in total. The summed E-state index contributed by atoms with van der Waals surface area (Å²) < 4.78 is 1.29. The maximum atomic E-state index is 8.11. The molecular weight excluding hydrogens is 731 g/mol. The van der Waals surface area contributed by atoms with Gasteiger partial charge in [0.1, 0.15) is 0 Å². The van der Waals surface area contributed by atoms with Crippen LogP contribution in [0.25, 0.3) is 39.5 Å². The normalized spacial score (nSPS) is 16.4. The molecule has 1 aliphatic carbocycles. The van der Waals surface area contributed by atoms with E-state index < -0.39 is 27.4 Å². The van der Waals surface area contributed by atoms with Crippen molar-refractivity contribution < 1.29 is 17.9 Å². The van der Waals surface area contributed by atoms with Crippen LogP contribution in [0.1, 0.15) is 88.2 Å². The van der Waals surface area contributed by atoms with Gasteiger partial charge in [0.15, 0.2) is 0 Å². The molecule has 4 heteroatoms. The molecule has 0 aromatic heterocycles. The second kappa shape index (κ2) is 12.3. The van der Waals surface area contributed by atoms with Gasteiger partial charge in [-0.1, -0.05) is 0 Å². The van der Waals surface area contributed by atoms with Crippen molar-refractivity contribution >= 4 is 46.3 Å². The van der Waals surface area contributed by atoms with E-state index in [0.717, 1.165) is 0 Å². The van der Waals surface area contributed by atoms with E-state index >= 15 is 0 Å². The van der Waals surface area contributed by atoms with Gasteiger partial charge in [-0.25, -0.2) is 0 Å². The van der Waals surface area contributed by atoms with Crippen molar-refractivity contribution in [2.24, 2.45) is 5.41 Å². The molecule has 1 unspecified atom stereocenters. The number of fused-ring (bicyclic) bond motifs is 4.